The van der Waals surface area contributed by atoms with Gasteiger partial charge in [-0.2, -0.15) is 0 Å². The Morgan fingerprint density at radius 3 is 2.74 bits per heavy atom. The SMILES string of the molecule is Nc1ccc(-c2cnc(C3CCCCC3)s2)c(O)c1. The van der Waals surface area contributed by atoms with Crippen molar-refractivity contribution in [1.29, 1.82) is 0 Å². The van der Waals surface area contributed by atoms with Gasteiger partial charge in [0.15, 0.2) is 0 Å². The summed E-state index contributed by atoms with van der Waals surface area (Å²) >= 11 is 1.70. The molecule has 0 spiro atoms. The zero-order valence-electron chi connectivity index (χ0n) is 10.8. The van der Waals surface area contributed by atoms with Crippen LogP contribution in [-0.2, 0) is 0 Å². The van der Waals surface area contributed by atoms with E-state index in [0.29, 0.717) is 11.6 Å². The number of rotatable bonds is 2. The maximum absolute atomic E-state index is 9.96. The van der Waals surface area contributed by atoms with Crippen molar-refractivity contribution >= 4 is 17.0 Å². The average molecular weight is 274 g/mol. The highest BCUT2D eigenvalue weighted by Gasteiger charge is 2.19. The molecule has 2 aromatic rings. The van der Waals surface area contributed by atoms with Crippen LogP contribution in [0.5, 0.6) is 5.75 Å². The Balaban J connectivity index is 1.87. The van der Waals surface area contributed by atoms with Crippen LogP contribution in [0.15, 0.2) is 24.4 Å². The van der Waals surface area contributed by atoms with E-state index in [1.807, 2.05) is 18.3 Å². The number of phenols is 1. The highest BCUT2D eigenvalue weighted by molar-refractivity contribution is 7.15. The van der Waals surface area contributed by atoms with Crippen molar-refractivity contribution in [3.05, 3.63) is 29.4 Å². The molecule has 1 aromatic heterocycles. The summed E-state index contributed by atoms with van der Waals surface area (Å²) in [6.07, 6.45) is 8.36. The summed E-state index contributed by atoms with van der Waals surface area (Å²) in [6, 6.07) is 5.27. The first-order valence-electron chi connectivity index (χ1n) is 6.78. The lowest BCUT2D eigenvalue weighted by molar-refractivity contribution is 0.442. The molecule has 4 heteroatoms. The summed E-state index contributed by atoms with van der Waals surface area (Å²) in [6.45, 7) is 0. The van der Waals surface area contributed by atoms with Gasteiger partial charge in [0, 0.05) is 29.4 Å². The van der Waals surface area contributed by atoms with Gasteiger partial charge in [-0.15, -0.1) is 11.3 Å². The van der Waals surface area contributed by atoms with Crippen LogP contribution in [0, 0.1) is 0 Å². The molecule has 1 fully saturated rings. The van der Waals surface area contributed by atoms with Crippen molar-refractivity contribution in [2.75, 3.05) is 5.73 Å². The van der Waals surface area contributed by atoms with Crippen LogP contribution in [0.25, 0.3) is 10.4 Å². The molecule has 0 amide bonds. The number of nitrogens with two attached hydrogens (primary N) is 1. The maximum atomic E-state index is 9.96. The molecular formula is C15H18N2OS. The summed E-state index contributed by atoms with van der Waals surface area (Å²) in [4.78, 5) is 5.58. The van der Waals surface area contributed by atoms with Crippen LogP contribution >= 0.6 is 11.3 Å². The number of thiazole rings is 1. The van der Waals surface area contributed by atoms with Crippen LogP contribution in [0.3, 0.4) is 0 Å². The Labute approximate surface area is 117 Å². The molecule has 0 radical (unpaired) electrons. The quantitative estimate of drug-likeness (QED) is 0.809. The highest BCUT2D eigenvalue weighted by atomic mass is 32.1. The Bertz CT molecular complexity index is 573. The van der Waals surface area contributed by atoms with Crippen molar-refractivity contribution in [2.24, 2.45) is 0 Å². The Kier molecular flexibility index (Phi) is 3.42. The first-order chi connectivity index (χ1) is 9.24. The smallest absolute Gasteiger partial charge is 0.126 e. The lowest BCUT2D eigenvalue weighted by atomic mass is 9.90. The third-order valence-electron chi connectivity index (χ3n) is 3.77. The molecule has 100 valence electrons. The molecule has 0 aliphatic heterocycles. The number of nitrogens with zero attached hydrogens (tertiary/aromatic N) is 1. The zero-order chi connectivity index (χ0) is 13.2. The Hall–Kier alpha value is -1.55. The number of aromatic hydroxyl groups is 1. The zero-order valence-corrected chi connectivity index (χ0v) is 11.6. The summed E-state index contributed by atoms with van der Waals surface area (Å²) in [5, 5.41) is 11.2. The van der Waals surface area contributed by atoms with E-state index in [1.54, 1.807) is 17.4 Å². The summed E-state index contributed by atoms with van der Waals surface area (Å²) < 4.78 is 0. The molecule has 0 atom stereocenters. The minimum Gasteiger partial charge on any atom is -0.507 e. The summed E-state index contributed by atoms with van der Waals surface area (Å²) in [7, 11) is 0. The molecular weight excluding hydrogens is 256 g/mol. The van der Waals surface area contributed by atoms with Crippen LogP contribution < -0.4 is 5.73 Å². The molecule has 19 heavy (non-hydrogen) atoms. The van der Waals surface area contributed by atoms with E-state index in [4.69, 9.17) is 5.73 Å². The number of phenolic OH excluding ortho intramolecular Hbond substituents is 1. The van der Waals surface area contributed by atoms with Gasteiger partial charge in [-0.05, 0) is 25.0 Å². The fourth-order valence-corrected chi connectivity index (χ4v) is 3.83. The second kappa shape index (κ2) is 5.21. The van der Waals surface area contributed by atoms with Gasteiger partial charge < -0.3 is 10.8 Å². The Morgan fingerprint density at radius 1 is 1.21 bits per heavy atom. The highest BCUT2D eigenvalue weighted by Crippen LogP contribution is 2.39. The molecule has 1 aliphatic carbocycles. The van der Waals surface area contributed by atoms with Crippen LogP contribution in [0.2, 0.25) is 0 Å². The fraction of sp³-hybridized carbons (Fsp3) is 0.400. The van der Waals surface area contributed by atoms with Gasteiger partial charge in [-0.3, -0.25) is 0 Å². The molecule has 3 nitrogen and oxygen atoms in total. The van der Waals surface area contributed by atoms with Gasteiger partial charge in [0.05, 0.1) is 9.88 Å². The van der Waals surface area contributed by atoms with E-state index in [-0.39, 0.29) is 5.75 Å². The van der Waals surface area contributed by atoms with Gasteiger partial charge >= 0.3 is 0 Å². The fourth-order valence-electron chi connectivity index (χ4n) is 2.71. The van der Waals surface area contributed by atoms with E-state index in [1.165, 1.54) is 37.1 Å². The molecule has 0 saturated heterocycles. The first kappa shape index (κ1) is 12.5. The minimum atomic E-state index is 0.235. The summed E-state index contributed by atoms with van der Waals surface area (Å²) in [5.74, 6) is 0.849. The van der Waals surface area contributed by atoms with Gasteiger partial charge in [0.25, 0.3) is 0 Å². The second-order valence-electron chi connectivity index (χ2n) is 5.17. The molecule has 3 rings (SSSR count). The van der Waals surface area contributed by atoms with E-state index < -0.39 is 0 Å². The van der Waals surface area contributed by atoms with Crippen molar-refractivity contribution in [2.45, 2.75) is 38.0 Å². The van der Waals surface area contributed by atoms with Crippen LogP contribution in [0.1, 0.15) is 43.0 Å². The number of aromatic nitrogens is 1. The van der Waals surface area contributed by atoms with Gasteiger partial charge in [0.2, 0.25) is 0 Å². The van der Waals surface area contributed by atoms with Gasteiger partial charge in [-0.1, -0.05) is 19.3 Å². The maximum Gasteiger partial charge on any atom is 0.126 e. The molecule has 1 saturated carbocycles. The van der Waals surface area contributed by atoms with Crippen molar-refractivity contribution < 1.29 is 5.11 Å². The standard InChI is InChI=1S/C15H18N2OS/c16-11-6-7-12(13(18)8-11)14-9-17-15(19-14)10-4-2-1-3-5-10/h6-10,18H,1-5,16H2. The number of anilines is 1. The topological polar surface area (TPSA) is 59.1 Å². The van der Waals surface area contributed by atoms with Gasteiger partial charge in [0.1, 0.15) is 5.75 Å². The van der Waals surface area contributed by atoms with E-state index in [9.17, 15) is 5.11 Å². The third-order valence-corrected chi connectivity index (χ3v) is 4.96. The second-order valence-corrected chi connectivity index (χ2v) is 6.24. The van der Waals surface area contributed by atoms with Crippen molar-refractivity contribution in [3.63, 3.8) is 0 Å². The van der Waals surface area contributed by atoms with Crippen LogP contribution in [0.4, 0.5) is 5.69 Å². The third kappa shape index (κ3) is 2.59. The summed E-state index contributed by atoms with van der Waals surface area (Å²) in [5.41, 5.74) is 7.06. The van der Waals surface area contributed by atoms with Crippen molar-refractivity contribution in [1.82, 2.24) is 4.98 Å². The predicted molar refractivity (Wildman–Crippen MR) is 79.5 cm³/mol. The lowest BCUT2D eigenvalue weighted by Gasteiger charge is -2.18. The van der Waals surface area contributed by atoms with E-state index >= 15 is 0 Å². The number of hydrogen-bond acceptors (Lipinski definition) is 4. The number of nitrogen functional groups attached to an aromatic ring is 1. The van der Waals surface area contributed by atoms with E-state index in [2.05, 4.69) is 4.98 Å². The van der Waals surface area contributed by atoms with Crippen LogP contribution in [-0.4, -0.2) is 10.1 Å². The molecule has 1 aliphatic rings. The van der Waals surface area contributed by atoms with Crippen molar-refractivity contribution in [3.8, 4) is 16.2 Å². The molecule has 0 bridgehead atoms. The molecule has 1 aromatic carbocycles. The monoisotopic (exact) mass is 274 g/mol. The minimum absolute atomic E-state index is 0.235. The molecule has 1 heterocycles. The predicted octanol–water partition coefficient (Wildman–Crippen LogP) is 4.15. The normalized spacial score (nSPS) is 16.6. The molecule has 3 N–H and O–H groups in total. The number of benzene rings is 1. The molecule has 0 unspecified atom stereocenters. The average Bonchev–Trinajstić information content (AvgIpc) is 2.89. The van der Waals surface area contributed by atoms with Gasteiger partial charge in [-0.25, -0.2) is 4.98 Å². The number of hydrogen-bond donors (Lipinski definition) is 2. The lowest BCUT2D eigenvalue weighted by Crippen LogP contribution is -2.03. The van der Waals surface area contributed by atoms with E-state index in [0.717, 1.165) is 10.4 Å². The Morgan fingerprint density at radius 2 is 2.00 bits per heavy atom. The first-order valence-corrected chi connectivity index (χ1v) is 7.60. The largest absolute Gasteiger partial charge is 0.507 e.